The van der Waals surface area contributed by atoms with Crippen molar-refractivity contribution in [2.24, 2.45) is 0 Å². The van der Waals surface area contributed by atoms with E-state index in [9.17, 15) is 9.59 Å². The number of nitrogens with one attached hydrogen (secondary N) is 3. The fourth-order valence-corrected chi connectivity index (χ4v) is 2.80. The molecular weight excluding hydrogens is 356 g/mol. The highest BCUT2D eigenvalue weighted by Crippen LogP contribution is 2.24. The normalized spacial score (nSPS) is 11.4. The lowest BCUT2D eigenvalue weighted by atomic mass is 9.89. The van der Waals surface area contributed by atoms with E-state index in [1.165, 1.54) is 0 Å². The van der Waals surface area contributed by atoms with Crippen molar-refractivity contribution < 1.29 is 14.3 Å². The minimum atomic E-state index is -0.465. The van der Waals surface area contributed by atoms with E-state index < -0.39 is 11.8 Å². The topological polar surface area (TPSA) is 117 Å². The maximum Gasteiger partial charge on any atom is 0.315 e. The number of methoxy groups -OCH3 is 1. The second-order valence-corrected chi connectivity index (χ2v) is 6.35. The number of amides is 2. The van der Waals surface area contributed by atoms with Crippen molar-refractivity contribution in [2.75, 3.05) is 19.4 Å². The molecule has 0 fully saturated rings. The average Bonchev–Trinajstić information content (AvgIpc) is 2.72. The summed E-state index contributed by atoms with van der Waals surface area (Å²) >= 11 is 0. The van der Waals surface area contributed by atoms with Gasteiger partial charge >= 0.3 is 6.03 Å². The van der Waals surface area contributed by atoms with Crippen molar-refractivity contribution >= 4 is 23.2 Å². The molecule has 0 radical (unpaired) electrons. The number of rotatable bonds is 9. The van der Waals surface area contributed by atoms with Crippen molar-refractivity contribution in [1.82, 2.24) is 10.6 Å². The van der Waals surface area contributed by atoms with E-state index in [2.05, 4.69) is 10.6 Å². The molecule has 2 aromatic rings. The van der Waals surface area contributed by atoms with Gasteiger partial charge in [0.2, 0.25) is 0 Å². The van der Waals surface area contributed by atoms with E-state index >= 15 is 0 Å². The van der Waals surface area contributed by atoms with Crippen LogP contribution >= 0.6 is 0 Å². The first-order chi connectivity index (χ1) is 13.4. The van der Waals surface area contributed by atoms with Crippen LogP contribution in [0.15, 0.2) is 48.5 Å². The fraction of sp³-hybridized carbons (Fsp3) is 0.286. The number of urea groups is 1. The molecule has 0 aromatic heterocycles. The van der Waals surface area contributed by atoms with Crippen LogP contribution in [0.5, 0.6) is 5.75 Å². The van der Waals surface area contributed by atoms with Crippen LogP contribution in [0, 0.1) is 5.41 Å². The molecule has 0 heterocycles. The molecule has 2 amide bonds. The van der Waals surface area contributed by atoms with Crippen LogP contribution in [0.4, 0.5) is 10.5 Å². The quantitative estimate of drug-likeness (QED) is 0.394. The van der Waals surface area contributed by atoms with Gasteiger partial charge in [-0.2, -0.15) is 0 Å². The molecule has 0 saturated heterocycles. The summed E-state index contributed by atoms with van der Waals surface area (Å²) in [5.74, 6) is -0.0871. The van der Waals surface area contributed by atoms with Crippen LogP contribution in [-0.4, -0.2) is 31.2 Å². The molecular formula is C21H26N4O3. The summed E-state index contributed by atoms with van der Waals surface area (Å²) in [6.45, 7) is 2.00. The highest BCUT2D eigenvalue weighted by molar-refractivity contribution is 6.41. The van der Waals surface area contributed by atoms with Crippen LogP contribution in [0.25, 0.3) is 0 Å². The highest BCUT2D eigenvalue weighted by Gasteiger charge is 2.22. The molecule has 0 aliphatic carbocycles. The Morgan fingerprint density at radius 1 is 1.14 bits per heavy atom. The zero-order valence-corrected chi connectivity index (χ0v) is 16.1. The van der Waals surface area contributed by atoms with Crippen LogP contribution < -0.4 is 21.1 Å². The molecule has 0 aliphatic rings. The number of Topliss-reactive ketones (excluding diaryl/α,β-unsaturated/α-hetero) is 1. The highest BCUT2D eigenvalue weighted by atomic mass is 16.5. The predicted molar refractivity (Wildman–Crippen MR) is 110 cm³/mol. The Morgan fingerprint density at radius 2 is 1.86 bits per heavy atom. The molecule has 0 aliphatic heterocycles. The fourth-order valence-electron chi connectivity index (χ4n) is 2.80. The lowest BCUT2D eigenvalue weighted by Crippen LogP contribution is -2.40. The summed E-state index contributed by atoms with van der Waals surface area (Å²) in [7, 11) is 1.57. The molecule has 0 bridgehead atoms. The third-order valence-electron chi connectivity index (χ3n) is 4.40. The van der Waals surface area contributed by atoms with Gasteiger partial charge in [0.05, 0.1) is 19.4 Å². The van der Waals surface area contributed by atoms with Crippen LogP contribution in [-0.2, 0) is 11.3 Å². The molecule has 7 nitrogen and oxygen atoms in total. The van der Waals surface area contributed by atoms with Crippen molar-refractivity contribution in [3.05, 3.63) is 59.7 Å². The number of benzene rings is 2. The summed E-state index contributed by atoms with van der Waals surface area (Å²) in [6.07, 6.45) is 0.598. The Hall–Kier alpha value is -3.35. The molecule has 2 rings (SSSR count). The van der Waals surface area contributed by atoms with Gasteiger partial charge in [-0.1, -0.05) is 31.2 Å². The number of nitrogen functional groups attached to an aromatic ring is 1. The Balaban J connectivity index is 1.87. The molecule has 1 unspecified atom stereocenters. The summed E-state index contributed by atoms with van der Waals surface area (Å²) in [5, 5.41) is 13.4. The smallest absolute Gasteiger partial charge is 0.315 e. The standard InChI is InChI=1S/C21H26N4O3/c1-3-18(15-5-4-6-17(11-15)28-2)20(23)19(26)13-25-21(27)24-12-14-7-9-16(22)10-8-14/h4-11,18,23H,3,12-13,22H2,1-2H3,(H2,24,25,27). The van der Waals surface area contributed by atoms with Crippen LogP contribution in [0.3, 0.4) is 0 Å². The predicted octanol–water partition coefficient (Wildman–Crippen LogP) is 2.86. The monoisotopic (exact) mass is 382 g/mol. The van der Waals surface area contributed by atoms with E-state index in [0.29, 0.717) is 24.4 Å². The third kappa shape index (κ3) is 5.84. The van der Waals surface area contributed by atoms with Gasteiger partial charge in [-0.25, -0.2) is 4.79 Å². The van der Waals surface area contributed by atoms with Gasteiger partial charge in [0.15, 0.2) is 5.78 Å². The lowest BCUT2D eigenvalue weighted by molar-refractivity contribution is -0.112. The Bertz CT molecular complexity index is 834. The summed E-state index contributed by atoms with van der Waals surface area (Å²) in [4.78, 5) is 24.3. The first kappa shape index (κ1) is 21.0. The largest absolute Gasteiger partial charge is 0.497 e. The van der Waals surface area contributed by atoms with Gasteiger partial charge in [0.1, 0.15) is 5.75 Å². The molecule has 2 aromatic carbocycles. The molecule has 28 heavy (non-hydrogen) atoms. The Kier molecular flexibility index (Phi) is 7.56. The Labute approximate surface area is 164 Å². The van der Waals surface area contributed by atoms with E-state index in [4.69, 9.17) is 15.9 Å². The first-order valence-electron chi connectivity index (χ1n) is 9.06. The SMILES string of the molecule is CCC(C(=N)C(=O)CNC(=O)NCc1ccc(N)cc1)c1cccc(OC)c1. The number of carbonyl (C=O) groups is 2. The van der Waals surface area contributed by atoms with Crippen molar-refractivity contribution in [1.29, 1.82) is 5.41 Å². The molecule has 1 atom stereocenters. The number of hydrogen-bond acceptors (Lipinski definition) is 5. The van der Waals surface area contributed by atoms with Gasteiger partial charge in [-0.05, 0) is 41.8 Å². The van der Waals surface area contributed by atoms with Crippen LogP contribution in [0.1, 0.15) is 30.4 Å². The van der Waals surface area contributed by atoms with Gasteiger partial charge in [-0.15, -0.1) is 0 Å². The van der Waals surface area contributed by atoms with E-state index in [1.807, 2.05) is 43.3 Å². The minimum Gasteiger partial charge on any atom is -0.497 e. The van der Waals surface area contributed by atoms with Gasteiger partial charge in [-0.3, -0.25) is 4.79 Å². The van der Waals surface area contributed by atoms with Crippen molar-refractivity contribution in [2.45, 2.75) is 25.8 Å². The van der Waals surface area contributed by atoms with Gasteiger partial charge in [0, 0.05) is 18.2 Å². The second kappa shape index (κ2) is 10.1. The minimum absolute atomic E-state index is 0.0328. The number of ether oxygens (including phenoxy) is 1. The molecule has 0 spiro atoms. The summed E-state index contributed by atoms with van der Waals surface area (Å²) in [6, 6.07) is 14.0. The molecule has 5 N–H and O–H groups in total. The van der Waals surface area contributed by atoms with Crippen molar-refractivity contribution in [3.63, 3.8) is 0 Å². The first-order valence-corrected chi connectivity index (χ1v) is 9.06. The number of anilines is 1. The number of ketones is 1. The number of carbonyl (C=O) groups excluding carboxylic acids is 2. The molecule has 148 valence electrons. The average molecular weight is 382 g/mol. The van der Waals surface area contributed by atoms with Gasteiger partial charge in [0.25, 0.3) is 0 Å². The number of hydrogen-bond donors (Lipinski definition) is 4. The van der Waals surface area contributed by atoms with E-state index in [1.54, 1.807) is 19.2 Å². The zero-order valence-electron chi connectivity index (χ0n) is 16.1. The van der Waals surface area contributed by atoms with Gasteiger partial charge < -0.3 is 26.5 Å². The maximum atomic E-state index is 12.4. The summed E-state index contributed by atoms with van der Waals surface area (Å²) in [5.41, 5.74) is 7.98. The van der Waals surface area contributed by atoms with Crippen LogP contribution in [0.2, 0.25) is 0 Å². The second-order valence-electron chi connectivity index (χ2n) is 6.35. The van der Waals surface area contributed by atoms with E-state index in [0.717, 1.165) is 11.1 Å². The van der Waals surface area contributed by atoms with Crippen molar-refractivity contribution in [3.8, 4) is 5.75 Å². The Morgan fingerprint density at radius 3 is 2.50 bits per heavy atom. The molecule has 0 saturated carbocycles. The zero-order chi connectivity index (χ0) is 20.5. The lowest BCUT2D eigenvalue weighted by Gasteiger charge is -2.17. The summed E-state index contributed by atoms with van der Waals surface area (Å²) < 4.78 is 5.21. The van der Waals surface area contributed by atoms with E-state index in [-0.39, 0.29) is 18.2 Å². The molecule has 7 heteroatoms. The third-order valence-corrected chi connectivity index (χ3v) is 4.40. The number of nitrogens with two attached hydrogens (primary N) is 1. The maximum absolute atomic E-state index is 12.4.